The minimum Gasteiger partial charge on any atom is -0.378 e. The second-order valence-corrected chi connectivity index (χ2v) is 7.78. The molecule has 3 nitrogen and oxygen atoms in total. The van der Waals surface area contributed by atoms with E-state index in [0.717, 1.165) is 39.0 Å². The van der Waals surface area contributed by atoms with Crippen molar-refractivity contribution in [1.82, 2.24) is 4.90 Å². The van der Waals surface area contributed by atoms with E-state index >= 15 is 0 Å². The molecule has 22 heavy (non-hydrogen) atoms. The van der Waals surface area contributed by atoms with Crippen LogP contribution in [-0.2, 0) is 9.53 Å². The molecule has 1 amide bonds. The van der Waals surface area contributed by atoms with Crippen molar-refractivity contribution in [2.24, 2.45) is 17.3 Å². The average molecular weight is 312 g/mol. The monoisotopic (exact) mass is 311 g/mol. The Labute approximate surface area is 137 Å². The molecule has 1 rings (SSSR count). The van der Waals surface area contributed by atoms with Crippen molar-refractivity contribution in [3.05, 3.63) is 0 Å². The molecule has 2 unspecified atom stereocenters. The predicted molar refractivity (Wildman–Crippen MR) is 92.9 cm³/mol. The Morgan fingerprint density at radius 2 is 1.86 bits per heavy atom. The van der Waals surface area contributed by atoms with Crippen LogP contribution in [-0.4, -0.2) is 36.6 Å². The van der Waals surface area contributed by atoms with E-state index in [2.05, 4.69) is 41.5 Å². The van der Waals surface area contributed by atoms with Gasteiger partial charge in [0.2, 0.25) is 5.91 Å². The van der Waals surface area contributed by atoms with Crippen molar-refractivity contribution in [2.45, 2.75) is 79.8 Å². The number of rotatable bonds is 8. The van der Waals surface area contributed by atoms with Crippen LogP contribution < -0.4 is 0 Å². The SMILES string of the molecule is CCN(CC)C(=O)CC1(CCC(C)C)CCOC(C(C)C)C1. The van der Waals surface area contributed by atoms with E-state index in [1.54, 1.807) is 0 Å². The summed E-state index contributed by atoms with van der Waals surface area (Å²) in [5.41, 5.74) is 0.150. The fraction of sp³-hybridized carbons (Fsp3) is 0.947. The van der Waals surface area contributed by atoms with Gasteiger partial charge in [-0.3, -0.25) is 4.79 Å². The zero-order valence-electron chi connectivity index (χ0n) is 15.7. The van der Waals surface area contributed by atoms with Gasteiger partial charge in [0.1, 0.15) is 0 Å². The maximum atomic E-state index is 12.7. The number of hydrogen-bond donors (Lipinski definition) is 0. The largest absolute Gasteiger partial charge is 0.378 e. The zero-order valence-corrected chi connectivity index (χ0v) is 15.7. The maximum Gasteiger partial charge on any atom is 0.223 e. The van der Waals surface area contributed by atoms with Crippen LogP contribution in [0.4, 0.5) is 0 Å². The van der Waals surface area contributed by atoms with Gasteiger partial charge in [-0.25, -0.2) is 0 Å². The molecule has 1 saturated heterocycles. The Hall–Kier alpha value is -0.570. The topological polar surface area (TPSA) is 29.5 Å². The first-order valence-electron chi connectivity index (χ1n) is 9.23. The van der Waals surface area contributed by atoms with E-state index in [4.69, 9.17) is 4.74 Å². The lowest BCUT2D eigenvalue weighted by atomic mass is 9.69. The summed E-state index contributed by atoms with van der Waals surface area (Å²) in [4.78, 5) is 14.7. The smallest absolute Gasteiger partial charge is 0.223 e. The van der Waals surface area contributed by atoms with Crippen LogP contribution in [0.2, 0.25) is 0 Å². The van der Waals surface area contributed by atoms with E-state index in [1.165, 1.54) is 6.42 Å². The zero-order chi connectivity index (χ0) is 16.8. The summed E-state index contributed by atoms with van der Waals surface area (Å²) >= 11 is 0. The Morgan fingerprint density at radius 3 is 2.36 bits per heavy atom. The molecular weight excluding hydrogens is 274 g/mol. The Bertz CT molecular complexity index is 336. The van der Waals surface area contributed by atoms with Crippen molar-refractivity contribution in [1.29, 1.82) is 0 Å². The van der Waals surface area contributed by atoms with Crippen molar-refractivity contribution in [3.63, 3.8) is 0 Å². The van der Waals surface area contributed by atoms with Gasteiger partial charge in [0.05, 0.1) is 6.10 Å². The highest BCUT2D eigenvalue weighted by molar-refractivity contribution is 5.76. The minimum absolute atomic E-state index is 0.150. The van der Waals surface area contributed by atoms with Crippen molar-refractivity contribution >= 4 is 5.91 Å². The standard InChI is InChI=1S/C19H37NO2/c1-7-20(8-2)18(21)14-19(10-9-15(3)4)11-12-22-17(13-19)16(5)6/h15-17H,7-14H2,1-6H3. The van der Waals surface area contributed by atoms with Crippen LogP contribution >= 0.6 is 0 Å². The third kappa shape index (κ3) is 5.57. The van der Waals surface area contributed by atoms with Crippen LogP contribution in [0.3, 0.4) is 0 Å². The van der Waals surface area contributed by atoms with Crippen LogP contribution in [0.15, 0.2) is 0 Å². The minimum atomic E-state index is 0.150. The molecule has 0 N–H and O–H groups in total. The van der Waals surface area contributed by atoms with Gasteiger partial charge in [-0.05, 0) is 50.4 Å². The lowest BCUT2D eigenvalue weighted by molar-refractivity contribution is -0.138. The van der Waals surface area contributed by atoms with Gasteiger partial charge in [-0.15, -0.1) is 0 Å². The van der Waals surface area contributed by atoms with Crippen molar-refractivity contribution in [2.75, 3.05) is 19.7 Å². The van der Waals surface area contributed by atoms with Gasteiger partial charge in [-0.2, -0.15) is 0 Å². The highest BCUT2D eigenvalue weighted by atomic mass is 16.5. The number of amides is 1. The van der Waals surface area contributed by atoms with Gasteiger partial charge in [-0.1, -0.05) is 34.1 Å². The summed E-state index contributed by atoms with van der Waals surface area (Å²) < 4.78 is 5.97. The second-order valence-electron chi connectivity index (χ2n) is 7.78. The molecule has 0 aromatic carbocycles. The van der Waals surface area contributed by atoms with Gasteiger partial charge in [0.25, 0.3) is 0 Å². The molecule has 0 saturated carbocycles. The third-order valence-electron chi connectivity index (χ3n) is 5.24. The number of ether oxygens (including phenoxy) is 1. The predicted octanol–water partition coefficient (Wildman–Crippen LogP) is 4.50. The first-order valence-corrected chi connectivity index (χ1v) is 9.23. The molecular formula is C19H37NO2. The molecule has 0 aromatic heterocycles. The highest BCUT2D eigenvalue weighted by Crippen LogP contribution is 2.43. The van der Waals surface area contributed by atoms with Gasteiger partial charge >= 0.3 is 0 Å². The Kier molecular flexibility index (Phi) is 7.88. The molecule has 130 valence electrons. The first kappa shape index (κ1) is 19.5. The summed E-state index contributed by atoms with van der Waals surface area (Å²) in [6.07, 6.45) is 5.46. The fourth-order valence-corrected chi connectivity index (χ4v) is 3.52. The van der Waals surface area contributed by atoms with Gasteiger partial charge in [0.15, 0.2) is 0 Å². The van der Waals surface area contributed by atoms with Crippen LogP contribution in [0.1, 0.15) is 73.6 Å². The van der Waals surface area contributed by atoms with Crippen LogP contribution in [0.5, 0.6) is 0 Å². The number of carbonyl (C=O) groups excluding carboxylic acids is 1. The number of nitrogens with zero attached hydrogens (tertiary/aromatic N) is 1. The van der Waals surface area contributed by atoms with E-state index in [9.17, 15) is 4.79 Å². The van der Waals surface area contributed by atoms with E-state index in [0.29, 0.717) is 30.3 Å². The average Bonchev–Trinajstić information content (AvgIpc) is 2.46. The lowest BCUT2D eigenvalue weighted by Crippen LogP contribution is -2.42. The molecule has 1 aliphatic heterocycles. The van der Waals surface area contributed by atoms with Gasteiger partial charge < -0.3 is 9.64 Å². The molecule has 0 aliphatic carbocycles. The first-order chi connectivity index (χ1) is 10.3. The van der Waals surface area contributed by atoms with E-state index in [-0.39, 0.29) is 5.41 Å². The maximum absolute atomic E-state index is 12.7. The third-order valence-corrected chi connectivity index (χ3v) is 5.24. The van der Waals surface area contributed by atoms with Gasteiger partial charge in [0, 0.05) is 26.1 Å². The summed E-state index contributed by atoms with van der Waals surface area (Å²) in [6.45, 7) is 15.6. The van der Waals surface area contributed by atoms with E-state index in [1.807, 2.05) is 4.90 Å². The summed E-state index contributed by atoms with van der Waals surface area (Å²) in [7, 11) is 0. The summed E-state index contributed by atoms with van der Waals surface area (Å²) in [6, 6.07) is 0. The molecule has 0 radical (unpaired) electrons. The molecule has 1 heterocycles. The van der Waals surface area contributed by atoms with E-state index < -0.39 is 0 Å². The Morgan fingerprint density at radius 1 is 1.23 bits per heavy atom. The highest BCUT2D eigenvalue weighted by Gasteiger charge is 2.40. The second kappa shape index (κ2) is 8.90. The number of carbonyl (C=O) groups is 1. The molecule has 0 spiro atoms. The molecule has 1 fully saturated rings. The summed E-state index contributed by atoms with van der Waals surface area (Å²) in [5.74, 6) is 1.56. The van der Waals surface area contributed by atoms with Crippen LogP contribution in [0.25, 0.3) is 0 Å². The molecule has 1 aliphatic rings. The van der Waals surface area contributed by atoms with Crippen molar-refractivity contribution in [3.8, 4) is 0 Å². The number of hydrogen-bond acceptors (Lipinski definition) is 2. The fourth-order valence-electron chi connectivity index (χ4n) is 3.52. The Balaban J connectivity index is 2.84. The summed E-state index contributed by atoms with van der Waals surface area (Å²) in [5, 5.41) is 0. The quantitative estimate of drug-likeness (QED) is 0.660. The molecule has 2 atom stereocenters. The van der Waals surface area contributed by atoms with Crippen molar-refractivity contribution < 1.29 is 9.53 Å². The lowest BCUT2D eigenvalue weighted by Gasteiger charge is -2.43. The molecule has 0 bridgehead atoms. The van der Waals surface area contributed by atoms with Crippen LogP contribution in [0, 0.1) is 17.3 Å². The molecule has 0 aromatic rings. The molecule has 3 heteroatoms. The normalized spacial score (nSPS) is 25.7.